The van der Waals surface area contributed by atoms with E-state index in [1.165, 1.54) is 11.1 Å². The predicted octanol–water partition coefficient (Wildman–Crippen LogP) is 2.25. The van der Waals surface area contributed by atoms with Crippen LogP contribution in [-0.4, -0.2) is 26.4 Å². The van der Waals surface area contributed by atoms with Crippen LogP contribution in [0.25, 0.3) is 0 Å². The lowest BCUT2D eigenvalue weighted by Crippen LogP contribution is -1.94. The van der Waals surface area contributed by atoms with Crippen LogP contribution < -0.4 is 0 Å². The lowest BCUT2D eigenvalue weighted by molar-refractivity contribution is 1.25. The van der Waals surface area contributed by atoms with Gasteiger partial charge in [-0.05, 0) is 0 Å². The zero-order valence-corrected chi connectivity index (χ0v) is 8.91. The average molecular weight is 262 g/mol. The molecule has 0 aromatic heterocycles. The molecule has 4 heteroatoms. The van der Waals surface area contributed by atoms with Gasteiger partial charge in [0.25, 0.3) is 0 Å². The molecule has 0 aromatic carbocycles. The zero-order valence-electron chi connectivity index (χ0n) is 5.74. The molecule has 4 radical (unpaired) electrons. The minimum atomic E-state index is 0.587. The van der Waals surface area contributed by atoms with Crippen molar-refractivity contribution < 1.29 is 0 Å². The van der Waals surface area contributed by atoms with E-state index in [0.717, 1.165) is 10.7 Å². The largest absolute Gasteiger partial charge is 0.0880 e. The Kier molecular flexibility index (Phi) is 7.08. The predicted molar refractivity (Wildman–Crippen MR) is 55.7 cm³/mol. The number of hydrogen-bond acceptors (Lipinski definition) is 0. The number of hydrogen-bond donors (Lipinski definition) is 0. The molecule has 0 aliphatic carbocycles. The van der Waals surface area contributed by atoms with Gasteiger partial charge in [-0.1, -0.05) is 55.6 Å². The maximum atomic E-state index is 5.47. The molecule has 52 valence electrons. The fraction of sp³-hybridized carbons (Fsp3) is 0.667. The van der Waals surface area contributed by atoms with Crippen LogP contribution in [0.1, 0.15) is 0 Å². The second kappa shape index (κ2) is 6.53. The van der Waals surface area contributed by atoms with Crippen LogP contribution in [0.15, 0.2) is 11.1 Å². The monoisotopic (exact) mass is 260 g/mol. The van der Waals surface area contributed by atoms with Crippen LogP contribution in [-0.2, 0) is 0 Å². The Morgan fingerprint density at radius 2 is 1.20 bits per heavy atom. The first-order valence-electron chi connectivity index (χ1n) is 3.02. The Hall–Kier alpha value is 0.830. The molecule has 0 spiro atoms. The van der Waals surface area contributed by atoms with Gasteiger partial charge < -0.3 is 0 Å². The van der Waals surface area contributed by atoms with Gasteiger partial charge in [0.05, 0.1) is 15.7 Å². The first kappa shape index (κ1) is 10.8. The van der Waals surface area contributed by atoms with Gasteiger partial charge in [-0.25, -0.2) is 0 Å². The molecule has 0 fully saturated rings. The highest BCUT2D eigenvalue weighted by molar-refractivity contribution is 9.09. The SMILES string of the molecule is [B]C/C(CBr)=C(\C[B])CBr. The molecule has 0 N–H and O–H groups in total. The molecule has 0 saturated carbocycles. The first-order valence-corrected chi connectivity index (χ1v) is 5.26. The Bertz CT molecular complexity index is 96.9. The summed E-state index contributed by atoms with van der Waals surface area (Å²) in [6.07, 6.45) is 1.17. The summed E-state index contributed by atoms with van der Waals surface area (Å²) in [6, 6.07) is 0. The summed E-state index contributed by atoms with van der Waals surface area (Å²) in [5.41, 5.74) is 2.39. The molecule has 0 aliphatic heterocycles. The summed E-state index contributed by atoms with van der Waals surface area (Å²) in [7, 11) is 10.9. The molecule has 0 bridgehead atoms. The van der Waals surface area contributed by atoms with E-state index < -0.39 is 0 Å². The van der Waals surface area contributed by atoms with E-state index in [0.29, 0.717) is 12.6 Å². The van der Waals surface area contributed by atoms with Gasteiger partial charge in [0.15, 0.2) is 0 Å². The van der Waals surface area contributed by atoms with Crippen molar-refractivity contribution in [2.45, 2.75) is 12.6 Å². The summed E-state index contributed by atoms with van der Waals surface area (Å²) in [4.78, 5) is 0. The van der Waals surface area contributed by atoms with Gasteiger partial charge in [-0.3, -0.25) is 0 Å². The van der Waals surface area contributed by atoms with Crippen LogP contribution in [0.4, 0.5) is 0 Å². The van der Waals surface area contributed by atoms with Gasteiger partial charge in [0.2, 0.25) is 0 Å². The lowest BCUT2D eigenvalue weighted by Gasteiger charge is -2.06. The van der Waals surface area contributed by atoms with Gasteiger partial charge in [0.1, 0.15) is 0 Å². The number of rotatable bonds is 4. The fourth-order valence-corrected chi connectivity index (χ4v) is 1.84. The third kappa shape index (κ3) is 3.29. The number of alkyl halides is 2. The Morgan fingerprint density at radius 1 is 0.900 bits per heavy atom. The van der Waals surface area contributed by atoms with E-state index >= 15 is 0 Å². The summed E-state index contributed by atoms with van der Waals surface area (Å²) in [5.74, 6) is 0. The molecule has 0 amide bonds. The minimum Gasteiger partial charge on any atom is -0.0880 e. The van der Waals surface area contributed by atoms with E-state index in [-0.39, 0.29) is 0 Å². The number of allylic oxidation sites excluding steroid dienone is 2. The van der Waals surface area contributed by atoms with Crippen molar-refractivity contribution in [1.29, 1.82) is 0 Å². The van der Waals surface area contributed by atoms with Gasteiger partial charge >= 0.3 is 0 Å². The molecule has 10 heavy (non-hydrogen) atoms. The summed E-state index contributed by atoms with van der Waals surface area (Å²) >= 11 is 6.69. The molecule has 0 unspecified atom stereocenters. The van der Waals surface area contributed by atoms with Crippen LogP contribution >= 0.6 is 31.9 Å². The lowest BCUT2D eigenvalue weighted by atomic mass is 9.88. The zero-order chi connectivity index (χ0) is 7.98. The summed E-state index contributed by atoms with van der Waals surface area (Å²) in [5, 5.41) is 1.64. The molecule has 0 rings (SSSR count). The van der Waals surface area contributed by atoms with Crippen LogP contribution in [0.3, 0.4) is 0 Å². The smallest absolute Gasteiger partial charge is 0.0712 e. The minimum absolute atomic E-state index is 0.587. The third-order valence-corrected chi connectivity index (χ3v) is 2.67. The molecule has 0 nitrogen and oxygen atoms in total. The van der Waals surface area contributed by atoms with Crippen molar-refractivity contribution in [2.24, 2.45) is 0 Å². The van der Waals surface area contributed by atoms with Crippen LogP contribution in [0, 0.1) is 0 Å². The molecule has 0 aliphatic rings. The molecular formula is C6H8B2Br2. The van der Waals surface area contributed by atoms with E-state index in [1.807, 2.05) is 0 Å². The van der Waals surface area contributed by atoms with Crippen LogP contribution in [0.5, 0.6) is 0 Å². The maximum absolute atomic E-state index is 5.47. The van der Waals surface area contributed by atoms with Gasteiger partial charge in [0, 0.05) is 10.7 Å². The highest BCUT2D eigenvalue weighted by atomic mass is 79.9. The van der Waals surface area contributed by atoms with E-state index in [1.54, 1.807) is 0 Å². The van der Waals surface area contributed by atoms with E-state index in [9.17, 15) is 0 Å². The summed E-state index contributed by atoms with van der Waals surface area (Å²) < 4.78 is 0. The maximum Gasteiger partial charge on any atom is 0.0712 e. The highest BCUT2D eigenvalue weighted by Gasteiger charge is 1.98. The average Bonchev–Trinajstić information content (AvgIpc) is 2.00. The normalized spacial score (nSPS) is 13.0. The van der Waals surface area contributed by atoms with Crippen molar-refractivity contribution >= 4 is 47.6 Å². The second-order valence-corrected chi connectivity index (χ2v) is 3.00. The third-order valence-electron chi connectivity index (χ3n) is 1.32. The Labute approximate surface area is 81.9 Å². The van der Waals surface area contributed by atoms with E-state index in [4.69, 9.17) is 15.7 Å². The molecule has 0 aromatic rings. The van der Waals surface area contributed by atoms with Crippen molar-refractivity contribution in [3.63, 3.8) is 0 Å². The molecular weight excluding hydrogens is 253 g/mol. The van der Waals surface area contributed by atoms with Crippen molar-refractivity contribution in [3.05, 3.63) is 11.1 Å². The second-order valence-electron chi connectivity index (χ2n) is 1.88. The Morgan fingerprint density at radius 3 is 1.30 bits per heavy atom. The molecule has 0 atom stereocenters. The standard InChI is InChI=1S/C6H8B2Br2/c7-1-5(3-9)6(2-8)4-10/h1-4H2/b6-5-. The molecule has 0 saturated heterocycles. The van der Waals surface area contributed by atoms with E-state index in [2.05, 4.69) is 31.9 Å². The van der Waals surface area contributed by atoms with Crippen LogP contribution in [0.2, 0.25) is 12.6 Å². The summed E-state index contributed by atoms with van der Waals surface area (Å²) in [6.45, 7) is 0. The van der Waals surface area contributed by atoms with Gasteiger partial charge in [-0.2, -0.15) is 0 Å². The highest BCUT2D eigenvalue weighted by Crippen LogP contribution is 2.15. The van der Waals surface area contributed by atoms with Crippen molar-refractivity contribution in [2.75, 3.05) is 10.7 Å². The topological polar surface area (TPSA) is 0 Å². The number of halogens is 2. The van der Waals surface area contributed by atoms with Gasteiger partial charge in [-0.15, -0.1) is 0 Å². The molecule has 0 heterocycles. The first-order chi connectivity index (χ1) is 4.79. The fourth-order valence-electron chi connectivity index (χ4n) is 0.587. The van der Waals surface area contributed by atoms with Crippen molar-refractivity contribution in [1.82, 2.24) is 0 Å². The quantitative estimate of drug-likeness (QED) is 0.414. The Balaban J connectivity index is 4.20. The van der Waals surface area contributed by atoms with Crippen molar-refractivity contribution in [3.8, 4) is 0 Å².